The molecule has 0 N–H and O–H groups in total. The number of benzene rings is 2. The summed E-state index contributed by atoms with van der Waals surface area (Å²) < 4.78 is 11.4. The van der Waals surface area contributed by atoms with E-state index in [-0.39, 0.29) is 0 Å². The first-order chi connectivity index (χ1) is 11.8. The topological polar surface area (TPSA) is 47.9 Å². The summed E-state index contributed by atoms with van der Waals surface area (Å²) in [6.45, 7) is 0.463. The molecule has 124 valence electrons. The van der Waals surface area contributed by atoms with Gasteiger partial charge in [0.25, 0.3) is 0 Å². The van der Waals surface area contributed by atoms with Gasteiger partial charge >= 0.3 is 0 Å². The maximum atomic E-state index is 10.9. The van der Waals surface area contributed by atoms with Crippen LogP contribution < -0.4 is 9.47 Å². The Balaban J connectivity index is 1.89. The average Bonchev–Trinajstić information content (AvgIpc) is 3.11. The summed E-state index contributed by atoms with van der Waals surface area (Å²) in [7, 11) is 1.62. The second kappa shape index (κ2) is 7.33. The van der Waals surface area contributed by atoms with Crippen LogP contribution in [0.15, 0.2) is 53.5 Å². The first kappa shape index (κ1) is 16.3. The lowest BCUT2D eigenvalue weighted by atomic mass is 9.88. The summed E-state index contributed by atoms with van der Waals surface area (Å²) in [5.41, 5.74) is 1.62. The van der Waals surface area contributed by atoms with Crippen LogP contribution in [0.1, 0.15) is 36.8 Å². The van der Waals surface area contributed by atoms with E-state index in [1.807, 2.05) is 48.5 Å². The highest BCUT2D eigenvalue weighted by molar-refractivity contribution is 5.47. The molecule has 0 atom stereocenters. The Bertz CT molecular complexity index is 730. The predicted molar refractivity (Wildman–Crippen MR) is 92.0 cm³/mol. The van der Waals surface area contributed by atoms with Crippen LogP contribution in [0.4, 0.5) is 0 Å². The van der Waals surface area contributed by atoms with E-state index >= 15 is 0 Å². The van der Waals surface area contributed by atoms with Crippen molar-refractivity contribution in [3.05, 3.63) is 59.7 Å². The van der Waals surface area contributed by atoms with E-state index in [2.05, 4.69) is 4.99 Å². The molecule has 2 aromatic carbocycles. The van der Waals surface area contributed by atoms with Crippen LogP contribution in [0, 0.1) is 0 Å². The van der Waals surface area contributed by atoms with E-state index in [9.17, 15) is 4.79 Å². The van der Waals surface area contributed by atoms with Crippen LogP contribution in [0.2, 0.25) is 0 Å². The highest BCUT2D eigenvalue weighted by atomic mass is 16.5. The van der Waals surface area contributed by atoms with Crippen LogP contribution >= 0.6 is 0 Å². The number of hydrogen-bond acceptors (Lipinski definition) is 4. The standard InChI is InChI=1S/C20H21NO3/c1-23-18-10-9-17(20(21-15-22)11-5-6-12-20)13-19(18)24-14-16-7-3-2-4-8-16/h2-4,7-10,13H,5-6,11-12,14H2,1H3. The van der Waals surface area contributed by atoms with Gasteiger partial charge < -0.3 is 9.47 Å². The van der Waals surface area contributed by atoms with Gasteiger partial charge in [-0.25, -0.2) is 4.79 Å². The number of isocyanates is 1. The summed E-state index contributed by atoms with van der Waals surface area (Å²) in [5, 5.41) is 0. The molecule has 1 aliphatic rings. The van der Waals surface area contributed by atoms with Crippen molar-refractivity contribution >= 4 is 6.08 Å². The lowest BCUT2D eigenvalue weighted by Crippen LogP contribution is -2.19. The Morgan fingerprint density at radius 1 is 1.08 bits per heavy atom. The molecule has 0 aliphatic heterocycles. The van der Waals surface area contributed by atoms with Crippen molar-refractivity contribution < 1.29 is 14.3 Å². The number of carbonyl (C=O) groups excluding carboxylic acids is 1. The van der Waals surface area contributed by atoms with Gasteiger partial charge in [0.2, 0.25) is 6.08 Å². The Kier molecular flexibility index (Phi) is 4.97. The quantitative estimate of drug-likeness (QED) is 0.585. The van der Waals surface area contributed by atoms with Gasteiger partial charge in [0.15, 0.2) is 11.5 Å². The minimum atomic E-state index is -0.459. The molecule has 0 amide bonds. The van der Waals surface area contributed by atoms with Gasteiger partial charge in [-0.2, -0.15) is 4.99 Å². The van der Waals surface area contributed by atoms with Gasteiger partial charge in [-0.1, -0.05) is 49.2 Å². The highest BCUT2D eigenvalue weighted by Gasteiger charge is 2.36. The van der Waals surface area contributed by atoms with Crippen molar-refractivity contribution in [1.82, 2.24) is 0 Å². The molecule has 0 bridgehead atoms. The van der Waals surface area contributed by atoms with Crippen molar-refractivity contribution in [3.8, 4) is 11.5 Å². The highest BCUT2D eigenvalue weighted by Crippen LogP contribution is 2.44. The van der Waals surface area contributed by atoms with E-state index in [4.69, 9.17) is 9.47 Å². The molecule has 1 fully saturated rings. The van der Waals surface area contributed by atoms with E-state index in [1.54, 1.807) is 13.2 Å². The zero-order chi connectivity index (χ0) is 16.8. The van der Waals surface area contributed by atoms with Crippen molar-refractivity contribution in [1.29, 1.82) is 0 Å². The first-order valence-corrected chi connectivity index (χ1v) is 8.22. The number of rotatable bonds is 6. The fraction of sp³-hybridized carbons (Fsp3) is 0.350. The Hall–Kier alpha value is -2.58. The van der Waals surface area contributed by atoms with Gasteiger partial charge in [-0.3, -0.25) is 0 Å². The number of aliphatic imine (C=N–C) groups is 1. The molecule has 0 spiro atoms. The van der Waals surface area contributed by atoms with Gasteiger partial charge in [-0.15, -0.1) is 0 Å². The van der Waals surface area contributed by atoms with Crippen LogP contribution in [0.5, 0.6) is 11.5 Å². The maximum Gasteiger partial charge on any atom is 0.235 e. The number of ether oxygens (including phenoxy) is 2. The first-order valence-electron chi connectivity index (χ1n) is 8.22. The molecule has 0 aromatic heterocycles. The van der Waals surface area contributed by atoms with Gasteiger partial charge in [0.05, 0.1) is 12.6 Å². The summed E-state index contributed by atoms with van der Waals surface area (Å²) in [4.78, 5) is 15.0. The monoisotopic (exact) mass is 323 g/mol. The van der Waals surface area contributed by atoms with Crippen LogP contribution in [0.3, 0.4) is 0 Å². The number of nitrogens with zero attached hydrogens (tertiary/aromatic N) is 1. The summed E-state index contributed by atoms with van der Waals surface area (Å²) >= 11 is 0. The lowest BCUT2D eigenvalue weighted by molar-refractivity contribution is 0.283. The number of methoxy groups -OCH3 is 1. The van der Waals surface area contributed by atoms with Gasteiger partial charge in [0, 0.05) is 0 Å². The minimum Gasteiger partial charge on any atom is -0.493 e. The Labute approximate surface area is 142 Å². The number of hydrogen-bond donors (Lipinski definition) is 0. The van der Waals surface area contributed by atoms with Crippen molar-refractivity contribution in [2.75, 3.05) is 7.11 Å². The summed E-state index contributed by atoms with van der Waals surface area (Å²) in [6, 6.07) is 15.8. The SMILES string of the molecule is COc1ccc(C2(N=C=O)CCCC2)cc1OCc1ccccc1. The van der Waals surface area contributed by atoms with Crippen LogP contribution in [-0.4, -0.2) is 13.2 Å². The molecule has 2 aromatic rings. The third kappa shape index (κ3) is 3.34. The van der Waals surface area contributed by atoms with E-state index in [0.717, 1.165) is 36.8 Å². The van der Waals surface area contributed by atoms with E-state index in [0.29, 0.717) is 18.1 Å². The fourth-order valence-corrected chi connectivity index (χ4v) is 3.33. The largest absolute Gasteiger partial charge is 0.493 e. The van der Waals surface area contributed by atoms with Crippen molar-refractivity contribution in [2.24, 2.45) is 4.99 Å². The third-order valence-corrected chi connectivity index (χ3v) is 4.63. The molecule has 24 heavy (non-hydrogen) atoms. The zero-order valence-electron chi connectivity index (χ0n) is 13.8. The van der Waals surface area contributed by atoms with E-state index < -0.39 is 5.54 Å². The molecular weight excluding hydrogens is 302 g/mol. The van der Waals surface area contributed by atoms with Gasteiger partial charge in [0.1, 0.15) is 6.61 Å². The predicted octanol–water partition coefficient (Wildman–Crippen LogP) is 4.38. The normalized spacial score (nSPS) is 15.5. The van der Waals surface area contributed by atoms with Crippen molar-refractivity contribution in [2.45, 2.75) is 37.8 Å². The van der Waals surface area contributed by atoms with Crippen LogP contribution in [0.25, 0.3) is 0 Å². The van der Waals surface area contributed by atoms with E-state index in [1.165, 1.54) is 0 Å². The minimum absolute atomic E-state index is 0.459. The molecular formula is C20H21NO3. The zero-order valence-corrected chi connectivity index (χ0v) is 13.8. The van der Waals surface area contributed by atoms with Gasteiger partial charge in [-0.05, 0) is 36.1 Å². The Morgan fingerprint density at radius 2 is 1.83 bits per heavy atom. The molecule has 0 saturated heterocycles. The molecule has 0 radical (unpaired) electrons. The second-order valence-corrected chi connectivity index (χ2v) is 6.08. The molecule has 1 saturated carbocycles. The molecule has 4 heteroatoms. The average molecular weight is 323 g/mol. The summed E-state index contributed by atoms with van der Waals surface area (Å²) in [5.74, 6) is 1.35. The molecule has 4 nitrogen and oxygen atoms in total. The molecule has 1 aliphatic carbocycles. The fourth-order valence-electron chi connectivity index (χ4n) is 3.33. The van der Waals surface area contributed by atoms with Crippen molar-refractivity contribution in [3.63, 3.8) is 0 Å². The third-order valence-electron chi connectivity index (χ3n) is 4.63. The molecule has 0 unspecified atom stereocenters. The Morgan fingerprint density at radius 3 is 2.50 bits per heavy atom. The smallest absolute Gasteiger partial charge is 0.235 e. The molecule has 3 rings (SSSR count). The molecule has 0 heterocycles. The summed E-state index contributed by atoms with van der Waals surface area (Å²) in [6.07, 6.45) is 5.63. The maximum absolute atomic E-state index is 10.9. The second-order valence-electron chi connectivity index (χ2n) is 6.08. The lowest BCUT2D eigenvalue weighted by Gasteiger charge is -2.24. The van der Waals surface area contributed by atoms with Crippen LogP contribution in [-0.2, 0) is 16.9 Å².